The molecule has 9 heteroatoms. The molecule has 0 bridgehead atoms. The molecule has 18 heavy (non-hydrogen) atoms. The molecular weight excluding hydrogens is 276 g/mol. The van der Waals surface area contributed by atoms with Crippen LogP contribution in [0.3, 0.4) is 0 Å². The van der Waals surface area contributed by atoms with Gasteiger partial charge < -0.3 is 31.7 Å². The van der Waals surface area contributed by atoms with Gasteiger partial charge in [0.1, 0.15) is 0 Å². The minimum atomic E-state index is -3.43. The molecule has 0 fully saturated rings. The summed E-state index contributed by atoms with van der Waals surface area (Å²) < 4.78 is 32.1. The summed E-state index contributed by atoms with van der Waals surface area (Å²) in [7, 11) is 1.65. The van der Waals surface area contributed by atoms with Gasteiger partial charge in [-0.15, -0.1) is 0 Å². The molecule has 7 nitrogen and oxygen atoms in total. The maximum absolute atomic E-state index is 11.0. The van der Waals surface area contributed by atoms with E-state index in [0.717, 1.165) is 0 Å². The predicted molar refractivity (Wildman–Crippen MR) is 68.8 cm³/mol. The highest BCUT2D eigenvalue weighted by Crippen LogP contribution is 2.36. The molecule has 0 aromatic carbocycles. The Hall–Kier alpha value is 0.154. The van der Waals surface area contributed by atoms with Gasteiger partial charge in [-0.1, -0.05) is 6.92 Å². The van der Waals surface area contributed by atoms with E-state index in [4.69, 9.17) is 26.6 Å². The van der Waals surface area contributed by atoms with E-state index in [9.17, 15) is 5.11 Å². The zero-order chi connectivity index (χ0) is 14.4. The van der Waals surface area contributed by atoms with Gasteiger partial charge >= 0.3 is 17.6 Å². The first-order valence-corrected chi connectivity index (χ1v) is 8.91. The molecule has 0 saturated heterocycles. The third kappa shape index (κ3) is 2.42. The molecular formula is C9H24O7Si2. The fraction of sp³-hybridized carbons (Fsp3) is 1.00. The highest BCUT2D eigenvalue weighted by molar-refractivity contribution is 6.84. The summed E-state index contributed by atoms with van der Waals surface area (Å²) in [6, 6.07) is 0. The molecule has 0 aliphatic carbocycles. The summed E-state index contributed by atoms with van der Waals surface area (Å²) in [5.41, 5.74) is 0. The van der Waals surface area contributed by atoms with Crippen LogP contribution in [0.25, 0.3) is 0 Å². The second-order valence-corrected chi connectivity index (χ2v) is 10.4. The lowest BCUT2D eigenvalue weighted by Gasteiger charge is -2.45. The molecule has 0 aromatic rings. The smallest absolute Gasteiger partial charge is 0.382 e. The van der Waals surface area contributed by atoms with Crippen molar-refractivity contribution < 1.29 is 31.7 Å². The third-order valence-corrected chi connectivity index (χ3v) is 10.9. The van der Waals surface area contributed by atoms with Crippen LogP contribution in [0, 0.1) is 0 Å². The zero-order valence-electron chi connectivity index (χ0n) is 12.1. The van der Waals surface area contributed by atoms with Crippen molar-refractivity contribution in [3.8, 4) is 0 Å². The van der Waals surface area contributed by atoms with Gasteiger partial charge in [0.2, 0.25) is 4.85 Å². The van der Waals surface area contributed by atoms with E-state index in [2.05, 4.69) is 0 Å². The second kappa shape index (κ2) is 7.07. The molecule has 0 spiro atoms. The Morgan fingerprint density at radius 1 is 0.722 bits per heavy atom. The summed E-state index contributed by atoms with van der Waals surface area (Å²) in [6.45, 7) is 1.76. The minimum absolute atomic E-state index is 0.247. The quantitative estimate of drug-likeness (QED) is 0.599. The third-order valence-electron chi connectivity index (χ3n) is 3.14. The Morgan fingerprint density at radius 3 is 1.06 bits per heavy atom. The Labute approximate surface area is 111 Å². The van der Waals surface area contributed by atoms with Crippen molar-refractivity contribution in [2.45, 2.75) is 18.2 Å². The first kappa shape index (κ1) is 18.2. The lowest BCUT2D eigenvalue weighted by Crippen LogP contribution is -2.78. The molecule has 0 saturated carbocycles. The van der Waals surface area contributed by atoms with E-state index >= 15 is 0 Å². The van der Waals surface area contributed by atoms with E-state index in [-0.39, 0.29) is 6.42 Å². The fourth-order valence-corrected chi connectivity index (χ4v) is 9.36. The lowest BCUT2D eigenvalue weighted by atomic mass is 10.5. The second-order valence-electron chi connectivity index (χ2n) is 3.55. The van der Waals surface area contributed by atoms with Crippen molar-refractivity contribution in [3.63, 3.8) is 0 Å². The van der Waals surface area contributed by atoms with Crippen molar-refractivity contribution in [1.29, 1.82) is 0 Å². The predicted octanol–water partition coefficient (Wildman–Crippen LogP) is -0.0379. The number of hydrogen-bond donors (Lipinski definition) is 1. The Kier molecular flexibility index (Phi) is 7.14. The van der Waals surface area contributed by atoms with Crippen LogP contribution < -0.4 is 0 Å². The van der Waals surface area contributed by atoms with E-state index in [0.29, 0.717) is 0 Å². The Morgan fingerprint density at radius 2 is 0.944 bits per heavy atom. The van der Waals surface area contributed by atoms with Crippen molar-refractivity contribution in [2.24, 2.45) is 0 Å². The van der Waals surface area contributed by atoms with Gasteiger partial charge in [-0.2, -0.15) is 0 Å². The number of hydrogen-bond acceptors (Lipinski definition) is 7. The topological polar surface area (TPSA) is 75.6 Å². The fourth-order valence-electron chi connectivity index (χ4n) is 2.13. The summed E-state index contributed by atoms with van der Waals surface area (Å²) in [6.07, 6.45) is 0.247. The molecule has 0 unspecified atom stereocenters. The van der Waals surface area contributed by atoms with Gasteiger partial charge in [0.25, 0.3) is 0 Å². The highest BCUT2D eigenvalue weighted by Gasteiger charge is 2.75. The van der Waals surface area contributed by atoms with Gasteiger partial charge in [-0.05, 0) is 6.42 Å². The molecule has 0 aliphatic rings. The van der Waals surface area contributed by atoms with Crippen LogP contribution in [0.2, 0.25) is 0 Å². The van der Waals surface area contributed by atoms with E-state index in [1.165, 1.54) is 42.7 Å². The largest absolute Gasteiger partial charge is 0.538 e. The van der Waals surface area contributed by atoms with Crippen LogP contribution in [0.15, 0.2) is 0 Å². The average molecular weight is 300 g/mol. The van der Waals surface area contributed by atoms with Crippen LogP contribution >= 0.6 is 0 Å². The van der Waals surface area contributed by atoms with Gasteiger partial charge in [0, 0.05) is 42.7 Å². The highest BCUT2D eigenvalue weighted by atomic mass is 28.5. The molecule has 0 radical (unpaired) electrons. The Bertz CT molecular complexity index is 207. The minimum Gasteiger partial charge on any atom is -0.382 e. The maximum Gasteiger partial charge on any atom is 0.538 e. The molecule has 0 amide bonds. The van der Waals surface area contributed by atoms with E-state index in [1.54, 1.807) is 6.92 Å². The molecule has 0 heterocycles. The molecule has 1 N–H and O–H groups in total. The van der Waals surface area contributed by atoms with E-state index < -0.39 is 22.5 Å². The van der Waals surface area contributed by atoms with Crippen molar-refractivity contribution in [1.82, 2.24) is 0 Å². The number of rotatable bonds is 9. The van der Waals surface area contributed by atoms with Crippen LogP contribution in [0.5, 0.6) is 0 Å². The molecule has 0 rings (SSSR count). The van der Waals surface area contributed by atoms with Crippen LogP contribution in [-0.2, 0) is 26.6 Å². The zero-order valence-corrected chi connectivity index (χ0v) is 14.1. The van der Waals surface area contributed by atoms with Crippen molar-refractivity contribution >= 4 is 17.6 Å². The van der Waals surface area contributed by atoms with Gasteiger partial charge in [0.05, 0.1) is 0 Å². The average Bonchev–Trinajstić information content (AvgIpc) is 2.43. The molecule has 0 atom stereocenters. The van der Waals surface area contributed by atoms with Crippen LogP contribution in [-0.4, -0.2) is 70.2 Å². The van der Waals surface area contributed by atoms with Gasteiger partial charge in [0.15, 0.2) is 0 Å². The SMILES string of the molecule is CCC(O)([Si](OC)(OC)OC)[Si](OC)(OC)OC. The van der Waals surface area contributed by atoms with Gasteiger partial charge in [-0.25, -0.2) is 0 Å². The first-order chi connectivity index (χ1) is 8.42. The number of aliphatic hydroxyl groups is 1. The standard InChI is InChI=1S/C9H24O7Si2/c1-8-9(10,17(11-2,12-3)13-4)18(14-5,15-6)16-7/h10H,8H2,1-7H3. The van der Waals surface area contributed by atoms with Crippen molar-refractivity contribution in [3.05, 3.63) is 0 Å². The summed E-state index contributed by atoms with van der Waals surface area (Å²) in [5.74, 6) is 0. The maximum atomic E-state index is 11.0. The first-order valence-electron chi connectivity index (χ1n) is 5.46. The normalized spacial score (nSPS) is 14.0. The molecule has 110 valence electrons. The molecule has 0 aliphatic heterocycles. The monoisotopic (exact) mass is 300 g/mol. The molecule has 0 aromatic heterocycles. The van der Waals surface area contributed by atoms with E-state index in [1.807, 2.05) is 0 Å². The summed E-state index contributed by atoms with van der Waals surface area (Å²) in [4.78, 5) is -1.59. The van der Waals surface area contributed by atoms with Gasteiger partial charge in [-0.3, -0.25) is 0 Å². The summed E-state index contributed by atoms with van der Waals surface area (Å²) >= 11 is 0. The Balaban J connectivity index is 5.84. The van der Waals surface area contributed by atoms with Crippen molar-refractivity contribution in [2.75, 3.05) is 42.7 Å². The van der Waals surface area contributed by atoms with Crippen LogP contribution in [0.4, 0.5) is 0 Å². The summed E-state index contributed by atoms with van der Waals surface area (Å²) in [5, 5.41) is 11.0. The van der Waals surface area contributed by atoms with Crippen LogP contribution in [0.1, 0.15) is 13.3 Å². The lowest BCUT2D eigenvalue weighted by molar-refractivity contribution is -0.0261.